The predicted octanol–water partition coefficient (Wildman–Crippen LogP) is 2.36. The van der Waals surface area contributed by atoms with Crippen LogP contribution in [0.2, 0.25) is 0 Å². The van der Waals surface area contributed by atoms with Crippen molar-refractivity contribution in [1.29, 1.82) is 0 Å². The topological polar surface area (TPSA) is 64.3 Å². The van der Waals surface area contributed by atoms with Gasteiger partial charge in [0.2, 0.25) is 11.8 Å². The summed E-state index contributed by atoms with van der Waals surface area (Å²) in [4.78, 5) is 14.7. The summed E-state index contributed by atoms with van der Waals surface area (Å²) in [6, 6.07) is 5.51. The molecule has 20 heavy (non-hydrogen) atoms. The van der Waals surface area contributed by atoms with E-state index < -0.39 is 0 Å². The van der Waals surface area contributed by atoms with Gasteiger partial charge in [0.05, 0.1) is 12.7 Å². The Bertz CT molecular complexity index is 735. The van der Waals surface area contributed by atoms with E-state index in [-0.39, 0.29) is 0 Å². The fourth-order valence-corrected chi connectivity index (χ4v) is 1.82. The molecule has 0 aliphatic carbocycles. The normalized spacial score (nSPS) is 10.8. The number of aromatic nitrogens is 3. The lowest BCUT2D eigenvalue weighted by molar-refractivity contribution is 0.414. The van der Waals surface area contributed by atoms with Gasteiger partial charge < -0.3 is 14.1 Å². The van der Waals surface area contributed by atoms with Gasteiger partial charge in [-0.25, -0.2) is 15.0 Å². The summed E-state index contributed by atoms with van der Waals surface area (Å²) >= 11 is 0. The Labute approximate surface area is 116 Å². The number of fused-ring (bicyclic) bond motifs is 1. The lowest BCUT2D eigenvalue weighted by atomic mass is 10.3. The summed E-state index contributed by atoms with van der Waals surface area (Å²) in [5.41, 5.74) is 2.19. The molecule has 0 amide bonds. The summed E-state index contributed by atoms with van der Waals surface area (Å²) in [6.07, 6.45) is 3.40. The summed E-state index contributed by atoms with van der Waals surface area (Å²) in [7, 11) is 5.40. The highest BCUT2D eigenvalue weighted by atomic mass is 16.5. The molecule has 6 heteroatoms. The number of hydrogen-bond donors (Lipinski definition) is 0. The molecule has 0 unspecified atom stereocenters. The molecule has 0 radical (unpaired) electrons. The first-order valence-electron chi connectivity index (χ1n) is 6.11. The van der Waals surface area contributed by atoms with Gasteiger partial charge in [0, 0.05) is 32.6 Å². The van der Waals surface area contributed by atoms with Crippen molar-refractivity contribution >= 4 is 17.0 Å². The fourth-order valence-electron chi connectivity index (χ4n) is 1.82. The zero-order chi connectivity index (χ0) is 14.1. The van der Waals surface area contributed by atoms with E-state index in [1.807, 2.05) is 31.1 Å². The molecule has 0 saturated carbocycles. The number of hydrogen-bond acceptors (Lipinski definition) is 6. The first-order chi connectivity index (χ1) is 9.67. The summed E-state index contributed by atoms with van der Waals surface area (Å²) in [5.74, 6) is 1.88. The molecule has 6 nitrogen and oxygen atoms in total. The maximum atomic E-state index is 5.71. The van der Waals surface area contributed by atoms with Crippen LogP contribution in [0, 0.1) is 0 Å². The minimum atomic E-state index is 0.499. The highest BCUT2D eigenvalue weighted by Gasteiger charge is 2.10. The first-order valence-corrected chi connectivity index (χ1v) is 6.11. The van der Waals surface area contributed by atoms with Crippen LogP contribution in [0.15, 0.2) is 35.0 Å². The third-order valence-electron chi connectivity index (χ3n) is 2.88. The van der Waals surface area contributed by atoms with Crippen LogP contribution >= 0.6 is 0 Å². The van der Waals surface area contributed by atoms with Crippen LogP contribution in [-0.4, -0.2) is 36.2 Å². The Morgan fingerprint density at radius 3 is 2.55 bits per heavy atom. The van der Waals surface area contributed by atoms with Gasteiger partial charge in [0.25, 0.3) is 0 Å². The van der Waals surface area contributed by atoms with E-state index in [0.717, 1.165) is 16.8 Å². The van der Waals surface area contributed by atoms with E-state index in [1.165, 1.54) is 0 Å². The molecule has 0 fully saturated rings. The van der Waals surface area contributed by atoms with Crippen molar-refractivity contribution in [2.24, 2.45) is 0 Å². The zero-order valence-electron chi connectivity index (χ0n) is 11.5. The van der Waals surface area contributed by atoms with E-state index in [9.17, 15) is 0 Å². The van der Waals surface area contributed by atoms with E-state index >= 15 is 0 Å². The average molecular weight is 270 g/mol. The number of nitrogens with zero attached hydrogens (tertiary/aromatic N) is 4. The number of anilines is 1. The molecular weight excluding hydrogens is 256 g/mol. The Kier molecular flexibility index (Phi) is 2.98. The minimum absolute atomic E-state index is 0.499. The second kappa shape index (κ2) is 4.80. The largest absolute Gasteiger partial charge is 0.497 e. The SMILES string of the molecule is COc1ccc2nc(-c3cnc(N(C)C)nc3)oc2c1. The number of rotatable bonds is 3. The van der Waals surface area contributed by atoms with Crippen molar-refractivity contribution in [1.82, 2.24) is 15.0 Å². The molecule has 0 spiro atoms. The van der Waals surface area contributed by atoms with Crippen LogP contribution in [0.25, 0.3) is 22.6 Å². The number of oxazole rings is 1. The van der Waals surface area contributed by atoms with Gasteiger partial charge in [-0.2, -0.15) is 0 Å². The van der Waals surface area contributed by atoms with Gasteiger partial charge in [-0.1, -0.05) is 0 Å². The maximum absolute atomic E-state index is 5.71. The lowest BCUT2D eigenvalue weighted by Crippen LogP contribution is -2.12. The van der Waals surface area contributed by atoms with Crippen molar-refractivity contribution in [2.45, 2.75) is 0 Å². The maximum Gasteiger partial charge on any atom is 0.230 e. The summed E-state index contributed by atoms with van der Waals surface area (Å²) in [5, 5.41) is 0. The van der Waals surface area contributed by atoms with Crippen molar-refractivity contribution in [3.8, 4) is 17.2 Å². The molecule has 0 saturated heterocycles. The Balaban J connectivity index is 2.01. The van der Waals surface area contributed by atoms with Crippen molar-refractivity contribution in [2.75, 3.05) is 26.1 Å². The monoisotopic (exact) mass is 270 g/mol. The summed E-state index contributed by atoms with van der Waals surface area (Å²) < 4.78 is 10.9. The molecule has 2 aromatic heterocycles. The van der Waals surface area contributed by atoms with E-state index in [2.05, 4.69) is 15.0 Å². The molecule has 0 aliphatic rings. The Morgan fingerprint density at radius 1 is 1.15 bits per heavy atom. The van der Waals surface area contributed by atoms with Gasteiger partial charge in [-0.15, -0.1) is 0 Å². The summed E-state index contributed by atoms with van der Waals surface area (Å²) in [6.45, 7) is 0. The molecule has 0 bridgehead atoms. The highest BCUT2D eigenvalue weighted by Crippen LogP contribution is 2.26. The van der Waals surface area contributed by atoms with Crippen molar-refractivity contribution < 1.29 is 9.15 Å². The van der Waals surface area contributed by atoms with Crippen LogP contribution in [0.1, 0.15) is 0 Å². The molecule has 102 valence electrons. The molecule has 1 aromatic carbocycles. The molecule has 3 aromatic rings. The standard InChI is InChI=1S/C14H14N4O2/c1-18(2)14-15-7-9(8-16-14)13-17-11-5-4-10(19-3)6-12(11)20-13/h4-8H,1-3H3. The Morgan fingerprint density at radius 2 is 1.90 bits per heavy atom. The lowest BCUT2D eigenvalue weighted by Gasteiger charge is -2.08. The molecule has 2 heterocycles. The fraction of sp³-hybridized carbons (Fsp3) is 0.214. The van der Waals surface area contributed by atoms with Crippen molar-refractivity contribution in [3.05, 3.63) is 30.6 Å². The van der Waals surface area contributed by atoms with Crippen LogP contribution in [0.5, 0.6) is 5.75 Å². The van der Waals surface area contributed by atoms with E-state index in [4.69, 9.17) is 9.15 Å². The first kappa shape index (κ1) is 12.4. The van der Waals surface area contributed by atoms with Crippen LogP contribution < -0.4 is 9.64 Å². The molecule has 0 N–H and O–H groups in total. The van der Waals surface area contributed by atoms with Crippen LogP contribution in [-0.2, 0) is 0 Å². The van der Waals surface area contributed by atoms with Gasteiger partial charge >= 0.3 is 0 Å². The second-order valence-corrected chi connectivity index (χ2v) is 4.52. The quantitative estimate of drug-likeness (QED) is 0.728. The molecule has 3 rings (SSSR count). The van der Waals surface area contributed by atoms with E-state index in [0.29, 0.717) is 17.4 Å². The van der Waals surface area contributed by atoms with Gasteiger partial charge in [-0.05, 0) is 12.1 Å². The van der Waals surface area contributed by atoms with Gasteiger partial charge in [0.15, 0.2) is 5.58 Å². The number of ether oxygens (including phenoxy) is 1. The molecule has 0 aliphatic heterocycles. The highest BCUT2D eigenvalue weighted by molar-refractivity contribution is 5.77. The molecule has 0 atom stereocenters. The average Bonchev–Trinajstić information content (AvgIpc) is 2.90. The van der Waals surface area contributed by atoms with Crippen LogP contribution in [0.3, 0.4) is 0 Å². The zero-order valence-corrected chi connectivity index (χ0v) is 11.5. The minimum Gasteiger partial charge on any atom is -0.497 e. The Hall–Kier alpha value is -2.63. The van der Waals surface area contributed by atoms with Crippen molar-refractivity contribution in [3.63, 3.8) is 0 Å². The number of methoxy groups -OCH3 is 1. The van der Waals surface area contributed by atoms with Gasteiger partial charge in [0.1, 0.15) is 11.3 Å². The number of benzene rings is 1. The molecular formula is C14H14N4O2. The third kappa shape index (κ3) is 2.16. The third-order valence-corrected chi connectivity index (χ3v) is 2.88. The second-order valence-electron chi connectivity index (χ2n) is 4.52. The van der Waals surface area contributed by atoms with Crippen LogP contribution in [0.4, 0.5) is 5.95 Å². The van der Waals surface area contributed by atoms with Gasteiger partial charge in [-0.3, -0.25) is 0 Å². The van der Waals surface area contributed by atoms with E-state index in [1.54, 1.807) is 25.6 Å². The predicted molar refractivity (Wildman–Crippen MR) is 75.9 cm³/mol. The smallest absolute Gasteiger partial charge is 0.230 e.